The molecular formula is C14H25N5. The van der Waals surface area contributed by atoms with Gasteiger partial charge in [-0.15, -0.1) is 0 Å². The van der Waals surface area contributed by atoms with Gasteiger partial charge in [0.25, 0.3) is 0 Å². The minimum Gasteiger partial charge on any atom is -0.365 e. The van der Waals surface area contributed by atoms with Gasteiger partial charge in [-0.1, -0.05) is 13.3 Å². The molecule has 2 rings (SSSR count). The Hall–Kier alpha value is -1.36. The number of hydrogen-bond donors (Lipinski definition) is 3. The fourth-order valence-electron chi connectivity index (χ4n) is 2.33. The van der Waals surface area contributed by atoms with Gasteiger partial charge in [-0.3, -0.25) is 0 Å². The minimum absolute atomic E-state index is 0.0283. The van der Waals surface area contributed by atoms with Crippen LogP contribution >= 0.6 is 0 Å². The van der Waals surface area contributed by atoms with Gasteiger partial charge in [0, 0.05) is 17.0 Å². The van der Waals surface area contributed by atoms with E-state index in [4.69, 9.17) is 10.8 Å². The second kappa shape index (κ2) is 5.33. The summed E-state index contributed by atoms with van der Waals surface area (Å²) in [7, 11) is 0. The summed E-state index contributed by atoms with van der Waals surface area (Å²) in [5.74, 6) is 8.62. The lowest BCUT2D eigenvalue weighted by molar-refractivity contribution is 0.508. The Morgan fingerprint density at radius 1 is 1.26 bits per heavy atom. The van der Waals surface area contributed by atoms with Crippen molar-refractivity contribution in [1.82, 2.24) is 9.97 Å². The van der Waals surface area contributed by atoms with Crippen LogP contribution in [0.5, 0.6) is 0 Å². The van der Waals surface area contributed by atoms with Crippen LogP contribution in [0.1, 0.15) is 63.8 Å². The number of aromatic nitrogens is 2. The van der Waals surface area contributed by atoms with Gasteiger partial charge >= 0.3 is 0 Å². The van der Waals surface area contributed by atoms with Crippen LogP contribution in [0.4, 0.5) is 11.6 Å². The number of anilines is 2. The molecule has 0 aliphatic heterocycles. The first kappa shape index (κ1) is 14.1. The highest BCUT2D eigenvalue weighted by molar-refractivity contribution is 5.58. The summed E-state index contributed by atoms with van der Waals surface area (Å²) in [6.07, 6.45) is 4.61. The standard InChI is InChI=1S/C14H25N5/c1-5-8-14(3,4)18-11-9(2)12(19-15)17-13(16-11)10-6-7-10/h10H,5-8,15H2,1-4H3,(H2,16,17,18,19). The second-order valence-electron chi connectivity index (χ2n) is 6.08. The molecule has 5 nitrogen and oxygen atoms in total. The number of hydrogen-bond acceptors (Lipinski definition) is 5. The first-order chi connectivity index (χ1) is 8.96. The lowest BCUT2D eigenvalue weighted by Gasteiger charge is -2.28. The van der Waals surface area contributed by atoms with E-state index in [-0.39, 0.29) is 5.54 Å². The maximum atomic E-state index is 5.56. The molecule has 0 spiro atoms. The third-order valence-corrected chi connectivity index (χ3v) is 3.57. The molecule has 5 heteroatoms. The number of nitrogens with two attached hydrogens (primary N) is 1. The minimum atomic E-state index is 0.0283. The number of nitrogens with zero attached hydrogens (tertiary/aromatic N) is 2. The van der Waals surface area contributed by atoms with Gasteiger partial charge in [0.1, 0.15) is 17.5 Å². The molecule has 1 aromatic rings. The zero-order chi connectivity index (χ0) is 14.0. The van der Waals surface area contributed by atoms with Gasteiger partial charge in [-0.05, 0) is 40.0 Å². The summed E-state index contributed by atoms with van der Waals surface area (Å²) in [5.41, 5.74) is 3.70. The van der Waals surface area contributed by atoms with Crippen LogP contribution in [0.15, 0.2) is 0 Å². The second-order valence-corrected chi connectivity index (χ2v) is 6.08. The van der Waals surface area contributed by atoms with Crippen molar-refractivity contribution in [1.29, 1.82) is 0 Å². The predicted molar refractivity (Wildman–Crippen MR) is 79.2 cm³/mol. The molecule has 1 aromatic heterocycles. The normalized spacial score (nSPS) is 15.4. The Labute approximate surface area is 115 Å². The topological polar surface area (TPSA) is 75.9 Å². The first-order valence-corrected chi connectivity index (χ1v) is 7.10. The highest BCUT2D eigenvalue weighted by Crippen LogP contribution is 2.39. The van der Waals surface area contributed by atoms with Crippen LogP contribution in [-0.4, -0.2) is 15.5 Å². The third kappa shape index (κ3) is 3.35. The number of hydrazine groups is 1. The predicted octanol–water partition coefficient (Wildman–Crippen LogP) is 2.94. The Morgan fingerprint density at radius 3 is 2.42 bits per heavy atom. The van der Waals surface area contributed by atoms with E-state index < -0.39 is 0 Å². The Balaban J connectivity index is 2.29. The van der Waals surface area contributed by atoms with Gasteiger partial charge in [-0.25, -0.2) is 15.8 Å². The van der Waals surface area contributed by atoms with Crippen molar-refractivity contribution in [3.8, 4) is 0 Å². The molecule has 0 amide bonds. The van der Waals surface area contributed by atoms with Gasteiger partial charge < -0.3 is 10.7 Å². The number of rotatable bonds is 6. The monoisotopic (exact) mass is 263 g/mol. The zero-order valence-electron chi connectivity index (χ0n) is 12.4. The molecule has 0 atom stereocenters. The van der Waals surface area contributed by atoms with Crippen LogP contribution in [0.3, 0.4) is 0 Å². The molecule has 0 aromatic carbocycles. The summed E-state index contributed by atoms with van der Waals surface area (Å²) < 4.78 is 0. The van der Waals surface area contributed by atoms with E-state index in [1.807, 2.05) is 6.92 Å². The first-order valence-electron chi connectivity index (χ1n) is 7.10. The Bertz CT molecular complexity index is 451. The number of nitrogens with one attached hydrogen (secondary N) is 2. The summed E-state index contributed by atoms with van der Waals surface area (Å²) >= 11 is 0. The van der Waals surface area contributed by atoms with Crippen molar-refractivity contribution >= 4 is 11.6 Å². The molecular weight excluding hydrogens is 238 g/mol. The molecule has 1 aliphatic rings. The highest BCUT2D eigenvalue weighted by atomic mass is 15.3. The van der Waals surface area contributed by atoms with E-state index in [0.29, 0.717) is 5.92 Å². The van der Waals surface area contributed by atoms with Crippen molar-refractivity contribution in [2.75, 3.05) is 10.7 Å². The molecule has 0 radical (unpaired) electrons. The summed E-state index contributed by atoms with van der Waals surface area (Å²) in [5, 5.41) is 3.54. The smallest absolute Gasteiger partial charge is 0.148 e. The van der Waals surface area contributed by atoms with Crippen molar-refractivity contribution in [2.45, 2.75) is 64.8 Å². The molecule has 1 fully saturated rings. The molecule has 0 unspecified atom stereocenters. The fraction of sp³-hybridized carbons (Fsp3) is 0.714. The lowest BCUT2D eigenvalue weighted by Crippen LogP contribution is -2.32. The third-order valence-electron chi connectivity index (χ3n) is 3.57. The molecule has 0 saturated heterocycles. The van der Waals surface area contributed by atoms with Crippen LogP contribution in [0, 0.1) is 6.92 Å². The maximum absolute atomic E-state index is 5.56. The number of nitrogen functional groups attached to an aromatic ring is 1. The Kier molecular flexibility index (Phi) is 3.94. The van der Waals surface area contributed by atoms with E-state index >= 15 is 0 Å². The van der Waals surface area contributed by atoms with Gasteiger partial charge in [0.15, 0.2) is 0 Å². The van der Waals surface area contributed by atoms with E-state index in [1.54, 1.807) is 0 Å². The average Bonchev–Trinajstić information content (AvgIpc) is 3.15. The van der Waals surface area contributed by atoms with E-state index in [9.17, 15) is 0 Å². The van der Waals surface area contributed by atoms with E-state index in [1.165, 1.54) is 12.8 Å². The highest BCUT2D eigenvalue weighted by Gasteiger charge is 2.29. The van der Waals surface area contributed by atoms with E-state index in [0.717, 1.165) is 35.9 Å². The van der Waals surface area contributed by atoms with E-state index in [2.05, 4.69) is 36.5 Å². The van der Waals surface area contributed by atoms with Crippen LogP contribution in [0.25, 0.3) is 0 Å². The van der Waals surface area contributed by atoms with Crippen molar-refractivity contribution in [2.24, 2.45) is 5.84 Å². The lowest BCUT2D eigenvalue weighted by atomic mass is 9.99. The zero-order valence-corrected chi connectivity index (χ0v) is 12.4. The van der Waals surface area contributed by atoms with Crippen LogP contribution in [-0.2, 0) is 0 Å². The molecule has 1 heterocycles. The van der Waals surface area contributed by atoms with Gasteiger partial charge in [0.05, 0.1) is 0 Å². The SMILES string of the molecule is CCCC(C)(C)Nc1nc(C2CC2)nc(NN)c1C. The van der Waals surface area contributed by atoms with Crippen LogP contribution in [0.2, 0.25) is 0 Å². The molecule has 4 N–H and O–H groups in total. The maximum Gasteiger partial charge on any atom is 0.148 e. The van der Waals surface area contributed by atoms with Crippen LogP contribution < -0.4 is 16.6 Å². The molecule has 1 saturated carbocycles. The quantitative estimate of drug-likeness (QED) is 0.543. The van der Waals surface area contributed by atoms with Gasteiger partial charge in [0.2, 0.25) is 0 Å². The fourth-order valence-corrected chi connectivity index (χ4v) is 2.33. The largest absolute Gasteiger partial charge is 0.365 e. The van der Waals surface area contributed by atoms with Crippen molar-refractivity contribution in [3.63, 3.8) is 0 Å². The van der Waals surface area contributed by atoms with Crippen molar-refractivity contribution in [3.05, 3.63) is 11.4 Å². The molecule has 106 valence electrons. The summed E-state index contributed by atoms with van der Waals surface area (Å²) in [6, 6.07) is 0. The van der Waals surface area contributed by atoms with Gasteiger partial charge in [-0.2, -0.15) is 0 Å². The average molecular weight is 263 g/mol. The molecule has 19 heavy (non-hydrogen) atoms. The summed E-state index contributed by atoms with van der Waals surface area (Å²) in [4.78, 5) is 9.19. The van der Waals surface area contributed by atoms with Crippen molar-refractivity contribution < 1.29 is 0 Å². The Morgan fingerprint density at radius 2 is 1.89 bits per heavy atom. The summed E-state index contributed by atoms with van der Waals surface area (Å²) in [6.45, 7) is 8.59. The molecule has 1 aliphatic carbocycles. The molecule has 0 bridgehead atoms.